The van der Waals surface area contributed by atoms with Gasteiger partial charge in [0.05, 0.1) is 17.7 Å². The molecule has 0 fully saturated rings. The van der Waals surface area contributed by atoms with Crippen LogP contribution in [0.5, 0.6) is 0 Å². The largest absolute Gasteiger partial charge is 1.00 e. The van der Waals surface area contributed by atoms with Crippen molar-refractivity contribution in [3.8, 4) is 0 Å². The van der Waals surface area contributed by atoms with E-state index in [0.717, 1.165) is 25.7 Å². The fraction of sp³-hybridized carbons (Fsp3) is 0.852. The number of carboxylic acid groups (broad SMARTS) is 2. The number of carboxylic acids is 2. The van der Waals surface area contributed by atoms with Crippen LogP contribution in [0.25, 0.3) is 0 Å². The molecule has 0 aromatic carbocycles. The molecule has 0 bridgehead atoms. The second kappa shape index (κ2) is 28.1. The van der Waals surface area contributed by atoms with Crippen molar-refractivity contribution < 1.29 is 91.9 Å². The zero-order valence-electron chi connectivity index (χ0n) is 23.9. The van der Waals surface area contributed by atoms with E-state index in [1.807, 2.05) is 0 Å². The van der Waals surface area contributed by atoms with Gasteiger partial charge in [-0.3, -0.25) is 4.55 Å². The van der Waals surface area contributed by atoms with Gasteiger partial charge in [-0.25, -0.2) is 0 Å². The van der Waals surface area contributed by atoms with E-state index in [2.05, 4.69) is 6.92 Å². The van der Waals surface area contributed by atoms with E-state index in [0.29, 0.717) is 6.42 Å². The molecular weight excluding hydrogens is 514 g/mol. The summed E-state index contributed by atoms with van der Waals surface area (Å²) in [6, 6.07) is 0. The molecule has 0 rings (SSSR count). The molecule has 0 unspecified atom stereocenters. The molecular formula is C27H48Na2O7S. The normalized spacial score (nSPS) is 11.8. The number of carbonyl (C=O) groups excluding carboxylic acids is 2. The summed E-state index contributed by atoms with van der Waals surface area (Å²) in [5, 5.41) is 22.7. The van der Waals surface area contributed by atoms with E-state index in [4.69, 9.17) is 4.55 Å². The van der Waals surface area contributed by atoms with Gasteiger partial charge in [0.2, 0.25) is 0 Å². The molecule has 0 aliphatic heterocycles. The molecule has 0 spiro atoms. The molecule has 0 radical (unpaired) electrons. The predicted octanol–water partition coefficient (Wildman–Crippen LogP) is -1.11. The average molecular weight is 563 g/mol. The Morgan fingerprint density at radius 2 is 0.811 bits per heavy atom. The van der Waals surface area contributed by atoms with Gasteiger partial charge in [-0.05, 0) is 36.8 Å². The van der Waals surface area contributed by atoms with Gasteiger partial charge in [-0.15, -0.1) is 0 Å². The van der Waals surface area contributed by atoms with Gasteiger partial charge in [0.25, 0.3) is 10.1 Å². The van der Waals surface area contributed by atoms with Crippen LogP contribution in [0.1, 0.15) is 142 Å². The monoisotopic (exact) mass is 562 g/mol. The van der Waals surface area contributed by atoms with E-state index in [1.165, 1.54) is 83.5 Å². The SMILES string of the molecule is CCCCCCCCCCCCCCCCCCCC/C(C(=O)[O-])=C(\CCCS(=O)(=O)O)C(=O)[O-].[Na+].[Na+]. The minimum Gasteiger partial charge on any atom is -0.545 e. The number of rotatable bonds is 25. The van der Waals surface area contributed by atoms with Crippen molar-refractivity contribution in [3.05, 3.63) is 11.1 Å². The third-order valence-corrected chi connectivity index (χ3v) is 7.27. The minimum atomic E-state index is -4.24. The molecule has 0 heterocycles. The van der Waals surface area contributed by atoms with E-state index < -0.39 is 33.4 Å². The number of aliphatic carboxylic acids is 2. The molecule has 1 N–H and O–H groups in total. The van der Waals surface area contributed by atoms with Crippen molar-refractivity contribution in [3.63, 3.8) is 0 Å². The molecule has 10 heteroatoms. The first-order valence-corrected chi connectivity index (χ1v) is 15.4. The average Bonchev–Trinajstić information content (AvgIpc) is 2.78. The van der Waals surface area contributed by atoms with Crippen LogP contribution in [0.3, 0.4) is 0 Å². The first kappa shape index (κ1) is 42.1. The van der Waals surface area contributed by atoms with Gasteiger partial charge in [0.15, 0.2) is 0 Å². The number of hydrogen-bond donors (Lipinski definition) is 1. The summed E-state index contributed by atoms with van der Waals surface area (Å²) >= 11 is 0. The van der Waals surface area contributed by atoms with Gasteiger partial charge in [-0.1, -0.05) is 116 Å². The van der Waals surface area contributed by atoms with E-state index in [-0.39, 0.29) is 84.0 Å². The van der Waals surface area contributed by atoms with Crippen LogP contribution in [0.4, 0.5) is 0 Å². The van der Waals surface area contributed by atoms with Crippen LogP contribution in [0.2, 0.25) is 0 Å². The minimum absolute atomic E-state index is 0. The number of hydrogen-bond acceptors (Lipinski definition) is 6. The molecule has 206 valence electrons. The molecule has 0 aliphatic carbocycles. The summed E-state index contributed by atoms with van der Waals surface area (Å²) in [4.78, 5) is 22.7. The second-order valence-corrected chi connectivity index (χ2v) is 11.3. The molecule has 0 atom stereocenters. The van der Waals surface area contributed by atoms with Crippen LogP contribution in [0, 0.1) is 0 Å². The quantitative estimate of drug-likeness (QED) is 0.0645. The molecule has 0 aliphatic rings. The summed E-state index contributed by atoms with van der Waals surface area (Å²) < 4.78 is 30.3. The van der Waals surface area contributed by atoms with E-state index in [9.17, 15) is 28.2 Å². The fourth-order valence-electron chi connectivity index (χ4n) is 4.39. The standard InChI is InChI=1S/C27H50O7S.2Na/c1-2-3-4-5-6-7-8-9-10-11-12-13-14-15-16-17-18-19-21-24(26(28)29)25(27(30)31)22-20-23-35(32,33)34;;/h2-23H2,1H3,(H,28,29)(H,30,31)(H,32,33,34);;/q;2*+1/p-2/b25-24-;;. The number of unbranched alkanes of at least 4 members (excludes halogenated alkanes) is 17. The molecule has 0 saturated heterocycles. The Kier molecular flexibility index (Phi) is 32.0. The number of carbonyl (C=O) groups is 2. The summed E-state index contributed by atoms with van der Waals surface area (Å²) in [6.07, 6.45) is 21.4. The Bertz CT molecular complexity index is 710. The first-order chi connectivity index (χ1) is 16.7. The third kappa shape index (κ3) is 27.9. The van der Waals surface area contributed by atoms with Crippen molar-refractivity contribution in [1.82, 2.24) is 0 Å². The van der Waals surface area contributed by atoms with E-state index in [1.54, 1.807) is 0 Å². The van der Waals surface area contributed by atoms with Gasteiger partial charge in [-0.2, -0.15) is 8.42 Å². The zero-order chi connectivity index (χ0) is 26.4. The van der Waals surface area contributed by atoms with Crippen LogP contribution in [-0.2, 0) is 19.7 Å². The molecule has 0 aromatic rings. The van der Waals surface area contributed by atoms with Crippen LogP contribution >= 0.6 is 0 Å². The molecule has 37 heavy (non-hydrogen) atoms. The maximum absolute atomic E-state index is 11.4. The third-order valence-electron chi connectivity index (χ3n) is 6.47. The Morgan fingerprint density at radius 1 is 0.541 bits per heavy atom. The maximum atomic E-state index is 11.4. The van der Waals surface area contributed by atoms with Gasteiger partial charge >= 0.3 is 59.1 Å². The molecule has 7 nitrogen and oxygen atoms in total. The summed E-state index contributed by atoms with van der Waals surface area (Å²) in [6.45, 7) is 2.25. The van der Waals surface area contributed by atoms with Gasteiger partial charge in [0.1, 0.15) is 0 Å². The fourth-order valence-corrected chi connectivity index (χ4v) is 4.90. The van der Waals surface area contributed by atoms with Crippen molar-refractivity contribution in [1.29, 1.82) is 0 Å². The van der Waals surface area contributed by atoms with Crippen LogP contribution in [0.15, 0.2) is 11.1 Å². The van der Waals surface area contributed by atoms with Crippen molar-refractivity contribution >= 4 is 22.1 Å². The smallest absolute Gasteiger partial charge is 0.545 e. The van der Waals surface area contributed by atoms with Crippen LogP contribution < -0.4 is 69.3 Å². The zero-order valence-corrected chi connectivity index (χ0v) is 28.7. The van der Waals surface area contributed by atoms with Crippen molar-refractivity contribution in [2.24, 2.45) is 0 Å². The van der Waals surface area contributed by atoms with Crippen molar-refractivity contribution in [2.75, 3.05) is 5.75 Å². The summed E-state index contributed by atoms with van der Waals surface area (Å²) in [7, 11) is -4.24. The summed E-state index contributed by atoms with van der Waals surface area (Å²) in [5.74, 6) is -3.84. The Balaban J connectivity index is -0.00000578. The summed E-state index contributed by atoms with van der Waals surface area (Å²) in [5.41, 5.74) is -0.780. The Hall–Kier alpha value is 0.590. The molecule has 0 amide bonds. The molecule has 0 saturated carbocycles. The topological polar surface area (TPSA) is 135 Å². The van der Waals surface area contributed by atoms with Crippen molar-refractivity contribution in [2.45, 2.75) is 142 Å². The Morgan fingerprint density at radius 3 is 1.08 bits per heavy atom. The van der Waals surface area contributed by atoms with Crippen LogP contribution in [-0.4, -0.2) is 30.7 Å². The molecule has 0 aromatic heterocycles. The second-order valence-electron chi connectivity index (χ2n) is 9.68. The predicted molar refractivity (Wildman–Crippen MR) is 136 cm³/mol. The first-order valence-electron chi connectivity index (χ1n) is 13.8. The maximum Gasteiger partial charge on any atom is 1.00 e. The van der Waals surface area contributed by atoms with E-state index >= 15 is 0 Å². The van der Waals surface area contributed by atoms with Gasteiger partial charge in [0, 0.05) is 0 Å². The Labute approximate surface area is 270 Å². The van der Waals surface area contributed by atoms with Gasteiger partial charge < -0.3 is 19.8 Å².